The zero-order valence-corrected chi connectivity index (χ0v) is 20.4. The molecular formula is C20H27ClN4O10. The monoisotopic (exact) mass is 518 g/mol. The molecule has 15 heteroatoms. The molecule has 194 valence electrons. The number of hydrogen-bond acceptors (Lipinski definition) is 11. The molecule has 0 fully saturated rings. The number of methoxy groups -OCH3 is 1. The molecule has 0 bridgehead atoms. The van der Waals surface area contributed by atoms with Crippen molar-refractivity contribution in [3.8, 4) is 0 Å². The Morgan fingerprint density at radius 2 is 1.83 bits per heavy atom. The quantitative estimate of drug-likeness (QED) is 0.0974. The number of rotatable bonds is 12. The Labute approximate surface area is 205 Å². The average Bonchev–Trinajstić information content (AvgIpc) is 2.79. The van der Waals surface area contributed by atoms with Gasteiger partial charge in [-0.2, -0.15) is 0 Å². The van der Waals surface area contributed by atoms with Crippen molar-refractivity contribution in [3.63, 3.8) is 0 Å². The zero-order valence-electron chi connectivity index (χ0n) is 19.6. The van der Waals surface area contributed by atoms with E-state index in [0.29, 0.717) is 6.42 Å². The lowest BCUT2D eigenvalue weighted by Gasteiger charge is -2.40. The second-order valence-corrected chi connectivity index (χ2v) is 7.59. The van der Waals surface area contributed by atoms with Crippen LogP contribution in [-0.4, -0.2) is 79.8 Å². The number of esters is 4. The third-order valence-electron chi connectivity index (χ3n) is 4.50. The maximum atomic E-state index is 12.5. The normalized spacial score (nSPS) is 20.5. The van der Waals surface area contributed by atoms with Gasteiger partial charge in [0.25, 0.3) is 0 Å². The number of azide groups is 1. The van der Waals surface area contributed by atoms with Gasteiger partial charge >= 0.3 is 23.9 Å². The molecule has 0 aromatic heterocycles. The van der Waals surface area contributed by atoms with Crippen LogP contribution in [0.5, 0.6) is 0 Å². The van der Waals surface area contributed by atoms with E-state index in [1.54, 1.807) is 0 Å². The molecule has 5 atom stereocenters. The van der Waals surface area contributed by atoms with E-state index in [1.165, 1.54) is 0 Å². The van der Waals surface area contributed by atoms with Crippen LogP contribution >= 0.6 is 11.6 Å². The number of ether oxygens (including phenoxy) is 5. The van der Waals surface area contributed by atoms with Crippen molar-refractivity contribution in [1.82, 2.24) is 5.32 Å². The Balaban J connectivity index is 3.59. The van der Waals surface area contributed by atoms with Gasteiger partial charge in [-0.15, -0.1) is 11.6 Å². The van der Waals surface area contributed by atoms with Gasteiger partial charge < -0.3 is 29.0 Å². The summed E-state index contributed by atoms with van der Waals surface area (Å²) in [4.78, 5) is 62.6. The molecule has 1 aliphatic heterocycles. The Kier molecular flexibility index (Phi) is 12.4. The van der Waals surface area contributed by atoms with Gasteiger partial charge in [0.05, 0.1) is 19.2 Å². The minimum absolute atomic E-state index is 0.00232. The van der Waals surface area contributed by atoms with Crippen LogP contribution in [-0.2, 0) is 47.7 Å². The Morgan fingerprint density at radius 1 is 1.17 bits per heavy atom. The fourth-order valence-electron chi connectivity index (χ4n) is 3.17. The summed E-state index contributed by atoms with van der Waals surface area (Å²) in [7, 11) is 1.08. The predicted molar refractivity (Wildman–Crippen MR) is 118 cm³/mol. The van der Waals surface area contributed by atoms with E-state index in [1.807, 2.05) is 0 Å². The number of amides is 1. The highest BCUT2D eigenvalue weighted by atomic mass is 35.5. The predicted octanol–water partition coefficient (Wildman–Crippen LogP) is 1.05. The molecule has 0 aromatic carbocycles. The van der Waals surface area contributed by atoms with E-state index >= 15 is 0 Å². The third kappa shape index (κ3) is 9.71. The summed E-state index contributed by atoms with van der Waals surface area (Å²) in [5.74, 6) is -4.05. The second-order valence-electron chi connectivity index (χ2n) is 7.21. The number of nitrogens with one attached hydrogen (secondary N) is 1. The first-order valence-corrected chi connectivity index (χ1v) is 10.9. The van der Waals surface area contributed by atoms with Crippen LogP contribution in [0.3, 0.4) is 0 Å². The van der Waals surface area contributed by atoms with Crippen LogP contribution in [0, 0.1) is 0 Å². The van der Waals surface area contributed by atoms with Crippen molar-refractivity contribution in [1.29, 1.82) is 0 Å². The number of carbonyl (C=O) groups is 5. The summed E-state index contributed by atoms with van der Waals surface area (Å²) in [6.45, 7) is 2.69. The fourth-order valence-corrected chi connectivity index (χ4v) is 3.31. The van der Waals surface area contributed by atoms with E-state index in [9.17, 15) is 24.0 Å². The maximum Gasteiger partial charge on any atom is 0.372 e. The van der Waals surface area contributed by atoms with Gasteiger partial charge in [-0.25, -0.2) is 4.79 Å². The van der Waals surface area contributed by atoms with Crippen LogP contribution in [0.2, 0.25) is 0 Å². The number of halogens is 1. The van der Waals surface area contributed by atoms with Crippen molar-refractivity contribution in [2.75, 3.05) is 19.6 Å². The van der Waals surface area contributed by atoms with Gasteiger partial charge in [-0.3, -0.25) is 19.2 Å². The lowest BCUT2D eigenvalue weighted by Crippen LogP contribution is -2.61. The van der Waals surface area contributed by atoms with Crippen LogP contribution < -0.4 is 5.32 Å². The molecule has 0 unspecified atom stereocenters. The highest BCUT2D eigenvalue weighted by molar-refractivity contribution is 6.17. The summed E-state index contributed by atoms with van der Waals surface area (Å²) in [6.07, 6.45) is -2.94. The van der Waals surface area contributed by atoms with Gasteiger partial charge in [-0.1, -0.05) is 5.11 Å². The van der Waals surface area contributed by atoms with Gasteiger partial charge in [-0.05, 0) is 18.0 Å². The van der Waals surface area contributed by atoms with Gasteiger partial charge in [0, 0.05) is 38.0 Å². The first kappa shape index (κ1) is 29.5. The summed E-state index contributed by atoms with van der Waals surface area (Å²) < 4.78 is 25.9. The molecule has 0 radical (unpaired) electrons. The van der Waals surface area contributed by atoms with E-state index < -0.39 is 72.5 Å². The number of alkyl halides is 1. The molecule has 1 rings (SSSR count). The summed E-state index contributed by atoms with van der Waals surface area (Å²) in [5.41, 5.74) is 9.07. The lowest BCUT2D eigenvalue weighted by atomic mass is 9.92. The molecule has 1 heterocycles. The van der Waals surface area contributed by atoms with E-state index in [-0.39, 0.29) is 12.3 Å². The van der Waals surface area contributed by atoms with Crippen molar-refractivity contribution in [3.05, 3.63) is 22.3 Å². The largest absolute Gasteiger partial charge is 0.477 e. The van der Waals surface area contributed by atoms with Gasteiger partial charge in [0.1, 0.15) is 6.61 Å². The molecule has 35 heavy (non-hydrogen) atoms. The van der Waals surface area contributed by atoms with Crippen molar-refractivity contribution < 1.29 is 47.7 Å². The fraction of sp³-hybridized carbons (Fsp3) is 0.650. The zero-order chi connectivity index (χ0) is 26.5. The molecule has 0 aliphatic carbocycles. The highest BCUT2D eigenvalue weighted by Gasteiger charge is 2.47. The third-order valence-corrected chi connectivity index (χ3v) is 4.77. The van der Waals surface area contributed by atoms with Gasteiger partial charge in [0.15, 0.2) is 18.3 Å². The van der Waals surface area contributed by atoms with Gasteiger partial charge in [0.2, 0.25) is 11.7 Å². The number of nitrogens with zero attached hydrogens (tertiary/aromatic N) is 3. The summed E-state index contributed by atoms with van der Waals surface area (Å²) in [6, 6.07) is -2.42. The SMILES string of the molecule is COC(=O)C1=C[C@H](N=[N+]=[N-])[C@@H](NC(=O)CCCCl)[C@H]([C@H](OC(C)=O)[C@@H](COC(C)=O)OC(C)=O)O1. The molecule has 0 saturated carbocycles. The minimum Gasteiger partial charge on any atom is -0.477 e. The Hall–Kier alpha value is -3.51. The van der Waals surface area contributed by atoms with Crippen LogP contribution in [0.25, 0.3) is 10.4 Å². The molecular weight excluding hydrogens is 492 g/mol. The molecule has 1 N–H and O–H groups in total. The average molecular weight is 519 g/mol. The van der Waals surface area contributed by atoms with E-state index in [2.05, 4.69) is 20.1 Å². The standard InChI is InChI=1S/C20H27ClN4O10/c1-10(26)32-9-15(33-11(2)27)18(34-12(3)28)19-17(23-16(29)6-5-7-21)13(24-25-22)8-14(35-19)20(30)31-4/h8,13,15,17-19H,5-7,9H2,1-4H3,(H,23,29)/t13-,15+,17+,18+,19+/m0/s1. The first-order valence-electron chi connectivity index (χ1n) is 10.4. The van der Waals surface area contributed by atoms with Crippen molar-refractivity contribution in [2.24, 2.45) is 5.11 Å². The second kappa shape index (κ2) is 14.7. The molecule has 0 spiro atoms. The van der Waals surface area contributed by atoms with Crippen molar-refractivity contribution >= 4 is 41.4 Å². The minimum atomic E-state index is -1.53. The maximum absolute atomic E-state index is 12.5. The van der Waals surface area contributed by atoms with Crippen LogP contribution in [0.1, 0.15) is 33.6 Å². The van der Waals surface area contributed by atoms with E-state index in [0.717, 1.165) is 34.0 Å². The molecule has 1 amide bonds. The summed E-state index contributed by atoms with van der Waals surface area (Å²) >= 11 is 5.64. The van der Waals surface area contributed by atoms with E-state index in [4.69, 9.17) is 36.1 Å². The number of carbonyl (C=O) groups excluding carboxylic acids is 5. The topological polar surface area (TPSA) is 192 Å². The highest BCUT2D eigenvalue weighted by Crippen LogP contribution is 2.28. The molecule has 14 nitrogen and oxygen atoms in total. The Bertz CT molecular complexity index is 889. The molecule has 0 aromatic rings. The Morgan fingerprint density at radius 3 is 2.34 bits per heavy atom. The smallest absolute Gasteiger partial charge is 0.372 e. The van der Waals surface area contributed by atoms with Crippen molar-refractivity contribution in [2.45, 2.75) is 64.0 Å². The van der Waals surface area contributed by atoms with Crippen LogP contribution in [0.4, 0.5) is 0 Å². The first-order chi connectivity index (χ1) is 16.5. The molecule has 1 aliphatic rings. The number of hydrogen-bond donors (Lipinski definition) is 1. The summed E-state index contributed by atoms with van der Waals surface area (Å²) in [5, 5.41) is 6.23. The lowest BCUT2D eigenvalue weighted by molar-refractivity contribution is -0.188. The molecule has 0 saturated heterocycles. The van der Waals surface area contributed by atoms with Crippen LogP contribution in [0.15, 0.2) is 16.9 Å².